The van der Waals surface area contributed by atoms with E-state index in [1.807, 2.05) is 18.2 Å². The zero-order valence-electron chi connectivity index (χ0n) is 11.6. The van der Waals surface area contributed by atoms with Crippen molar-refractivity contribution in [2.45, 2.75) is 19.3 Å². The number of benzene rings is 2. The summed E-state index contributed by atoms with van der Waals surface area (Å²) >= 11 is 12.0. The molecule has 21 heavy (non-hydrogen) atoms. The highest BCUT2D eigenvalue weighted by Crippen LogP contribution is 2.23. The van der Waals surface area contributed by atoms with Crippen molar-refractivity contribution >= 4 is 29.1 Å². The molecule has 4 heteroatoms. The fraction of sp³-hybridized carbons (Fsp3) is 0.235. The van der Waals surface area contributed by atoms with E-state index in [0.717, 1.165) is 19.3 Å². The fourth-order valence-corrected chi connectivity index (χ4v) is 2.67. The van der Waals surface area contributed by atoms with E-state index in [4.69, 9.17) is 23.2 Å². The molecule has 0 heterocycles. The van der Waals surface area contributed by atoms with Crippen molar-refractivity contribution in [3.05, 3.63) is 69.7 Å². The summed E-state index contributed by atoms with van der Waals surface area (Å²) < 4.78 is 0. The molecule has 0 saturated carbocycles. The Morgan fingerprint density at radius 2 is 1.57 bits per heavy atom. The topological polar surface area (TPSA) is 29.1 Å². The molecule has 0 unspecified atom stereocenters. The summed E-state index contributed by atoms with van der Waals surface area (Å²) in [5.74, 6) is -0.217. The van der Waals surface area contributed by atoms with E-state index in [9.17, 15) is 4.79 Å². The number of hydrogen-bond acceptors (Lipinski definition) is 1. The van der Waals surface area contributed by atoms with Gasteiger partial charge >= 0.3 is 0 Å². The van der Waals surface area contributed by atoms with E-state index in [1.54, 1.807) is 18.2 Å². The lowest BCUT2D eigenvalue weighted by Gasteiger charge is -2.08. The lowest BCUT2D eigenvalue weighted by Crippen LogP contribution is -2.25. The number of rotatable bonds is 6. The van der Waals surface area contributed by atoms with Crippen molar-refractivity contribution in [2.24, 2.45) is 0 Å². The molecule has 2 nitrogen and oxygen atoms in total. The highest BCUT2D eigenvalue weighted by molar-refractivity contribution is 6.39. The SMILES string of the molecule is O=C(NCCCCc1ccccc1)c1c(Cl)cccc1Cl. The Kier molecular flexibility index (Phi) is 6.09. The van der Waals surface area contributed by atoms with Gasteiger partial charge in [0.25, 0.3) is 5.91 Å². The minimum atomic E-state index is -0.217. The molecule has 0 aliphatic rings. The third-order valence-corrected chi connectivity index (χ3v) is 3.84. The maximum Gasteiger partial charge on any atom is 0.254 e. The molecule has 0 bridgehead atoms. The molecule has 0 spiro atoms. The molecular weight excluding hydrogens is 305 g/mol. The summed E-state index contributed by atoms with van der Waals surface area (Å²) in [7, 11) is 0. The number of hydrogen-bond donors (Lipinski definition) is 1. The molecule has 1 N–H and O–H groups in total. The quantitative estimate of drug-likeness (QED) is 0.764. The number of amides is 1. The van der Waals surface area contributed by atoms with Crippen LogP contribution in [-0.4, -0.2) is 12.5 Å². The Balaban J connectivity index is 1.75. The summed E-state index contributed by atoms with van der Waals surface area (Å²) in [6, 6.07) is 15.4. The largest absolute Gasteiger partial charge is 0.352 e. The molecular formula is C17H17Cl2NO. The molecule has 0 fully saturated rings. The van der Waals surface area contributed by atoms with E-state index >= 15 is 0 Å². The highest BCUT2D eigenvalue weighted by Gasteiger charge is 2.13. The molecule has 0 aromatic heterocycles. The standard InChI is InChI=1S/C17H17Cl2NO/c18-14-10-6-11-15(19)16(14)17(21)20-12-5-4-9-13-7-2-1-3-8-13/h1-3,6-8,10-11H,4-5,9,12H2,(H,20,21). The Bertz CT molecular complexity index is 579. The maximum absolute atomic E-state index is 12.0. The summed E-state index contributed by atoms with van der Waals surface area (Å²) in [5, 5.41) is 3.62. The molecule has 0 aliphatic heterocycles. The van der Waals surface area contributed by atoms with Crippen LogP contribution in [0.15, 0.2) is 48.5 Å². The van der Waals surface area contributed by atoms with Gasteiger partial charge in [0.1, 0.15) is 0 Å². The van der Waals surface area contributed by atoms with Crippen LogP contribution in [0.5, 0.6) is 0 Å². The number of halogens is 2. The van der Waals surface area contributed by atoms with E-state index in [2.05, 4.69) is 17.4 Å². The molecule has 2 rings (SSSR count). The Morgan fingerprint density at radius 1 is 0.905 bits per heavy atom. The monoisotopic (exact) mass is 321 g/mol. The van der Waals surface area contributed by atoms with Crippen LogP contribution < -0.4 is 5.32 Å². The van der Waals surface area contributed by atoms with E-state index in [0.29, 0.717) is 22.2 Å². The minimum Gasteiger partial charge on any atom is -0.352 e. The van der Waals surface area contributed by atoms with Crippen LogP contribution in [0, 0.1) is 0 Å². The molecule has 2 aromatic carbocycles. The van der Waals surface area contributed by atoms with Gasteiger partial charge in [0.05, 0.1) is 15.6 Å². The zero-order chi connectivity index (χ0) is 15.1. The maximum atomic E-state index is 12.0. The summed E-state index contributed by atoms with van der Waals surface area (Å²) in [6.07, 6.45) is 2.97. The van der Waals surface area contributed by atoms with Crippen molar-refractivity contribution < 1.29 is 4.79 Å². The third-order valence-electron chi connectivity index (χ3n) is 3.21. The summed E-state index contributed by atoms with van der Waals surface area (Å²) in [6.45, 7) is 0.618. The van der Waals surface area contributed by atoms with E-state index in [1.165, 1.54) is 5.56 Å². The van der Waals surface area contributed by atoms with Gasteiger partial charge in [-0.3, -0.25) is 4.79 Å². The van der Waals surface area contributed by atoms with E-state index < -0.39 is 0 Å². The fourth-order valence-electron chi connectivity index (χ4n) is 2.10. The predicted molar refractivity (Wildman–Crippen MR) is 88.2 cm³/mol. The average Bonchev–Trinajstić information content (AvgIpc) is 2.48. The van der Waals surface area contributed by atoms with Crippen molar-refractivity contribution in [1.29, 1.82) is 0 Å². The van der Waals surface area contributed by atoms with Crippen LogP contribution >= 0.6 is 23.2 Å². The number of carbonyl (C=O) groups is 1. The van der Waals surface area contributed by atoms with Gasteiger partial charge < -0.3 is 5.32 Å². The van der Waals surface area contributed by atoms with Gasteiger partial charge in [-0.2, -0.15) is 0 Å². The molecule has 0 atom stereocenters. The van der Waals surface area contributed by atoms with Crippen LogP contribution in [0.2, 0.25) is 10.0 Å². The second-order valence-corrected chi connectivity index (χ2v) is 5.61. The molecule has 110 valence electrons. The second-order valence-electron chi connectivity index (χ2n) is 4.80. The van der Waals surface area contributed by atoms with E-state index in [-0.39, 0.29) is 5.91 Å². The van der Waals surface area contributed by atoms with Crippen LogP contribution in [0.25, 0.3) is 0 Å². The summed E-state index contributed by atoms with van der Waals surface area (Å²) in [5.41, 5.74) is 1.67. The number of nitrogens with one attached hydrogen (secondary N) is 1. The molecule has 0 radical (unpaired) electrons. The molecule has 1 amide bonds. The van der Waals surface area contributed by atoms with Gasteiger partial charge in [-0.15, -0.1) is 0 Å². The van der Waals surface area contributed by atoms with Crippen molar-refractivity contribution in [3.63, 3.8) is 0 Å². The van der Waals surface area contributed by atoms with Crippen LogP contribution in [0.4, 0.5) is 0 Å². The van der Waals surface area contributed by atoms with Crippen LogP contribution in [0.1, 0.15) is 28.8 Å². The van der Waals surface area contributed by atoms with Gasteiger partial charge in [0.15, 0.2) is 0 Å². The lowest BCUT2D eigenvalue weighted by atomic mass is 10.1. The lowest BCUT2D eigenvalue weighted by molar-refractivity contribution is 0.0953. The minimum absolute atomic E-state index is 0.217. The van der Waals surface area contributed by atoms with Crippen molar-refractivity contribution in [2.75, 3.05) is 6.54 Å². The second kappa shape index (κ2) is 8.06. The number of unbranched alkanes of at least 4 members (excludes halogenated alkanes) is 1. The number of carbonyl (C=O) groups excluding carboxylic acids is 1. The van der Waals surface area contributed by atoms with Crippen molar-refractivity contribution in [1.82, 2.24) is 5.32 Å². The van der Waals surface area contributed by atoms with Crippen LogP contribution in [0.3, 0.4) is 0 Å². The first-order chi connectivity index (χ1) is 10.2. The number of aryl methyl sites for hydroxylation is 1. The van der Waals surface area contributed by atoms with Crippen molar-refractivity contribution in [3.8, 4) is 0 Å². The molecule has 0 aliphatic carbocycles. The highest BCUT2D eigenvalue weighted by atomic mass is 35.5. The van der Waals surface area contributed by atoms with Crippen LogP contribution in [-0.2, 0) is 6.42 Å². The molecule has 0 saturated heterocycles. The average molecular weight is 322 g/mol. The first-order valence-electron chi connectivity index (χ1n) is 6.94. The molecule has 2 aromatic rings. The Hall–Kier alpha value is -1.51. The third kappa shape index (κ3) is 4.76. The first kappa shape index (κ1) is 15.9. The zero-order valence-corrected chi connectivity index (χ0v) is 13.1. The first-order valence-corrected chi connectivity index (χ1v) is 7.70. The van der Waals surface area contributed by atoms with Gasteiger partial charge in [0.2, 0.25) is 0 Å². The smallest absolute Gasteiger partial charge is 0.254 e. The van der Waals surface area contributed by atoms with Gasteiger partial charge in [0, 0.05) is 6.54 Å². The Morgan fingerprint density at radius 3 is 2.24 bits per heavy atom. The van der Waals surface area contributed by atoms with Gasteiger partial charge in [-0.05, 0) is 37.0 Å². The normalized spacial score (nSPS) is 10.4. The Labute approximate surface area is 135 Å². The van der Waals surface area contributed by atoms with Gasteiger partial charge in [-0.25, -0.2) is 0 Å². The predicted octanol–water partition coefficient (Wildman–Crippen LogP) is 4.75. The summed E-state index contributed by atoms with van der Waals surface area (Å²) in [4.78, 5) is 12.0. The van der Waals surface area contributed by atoms with Gasteiger partial charge in [-0.1, -0.05) is 59.6 Å².